The van der Waals surface area contributed by atoms with Crippen LogP contribution in [0.25, 0.3) is 0 Å². The van der Waals surface area contributed by atoms with Crippen LogP contribution < -0.4 is 17.0 Å². The zero-order valence-electron chi connectivity index (χ0n) is 18.4. The van der Waals surface area contributed by atoms with Crippen LogP contribution in [0.2, 0.25) is 0 Å². The van der Waals surface area contributed by atoms with Gasteiger partial charge in [0.1, 0.15) is 0 Å². The minimum absolute atomic E-state index is 0. The molecule has 0 amide bonds. The van der Waals surface area contributed by atoms with E-state index in [4.69, 9.17) is 0 Å². The zero-order chi connectivity index (χ0) is 20.1. The van der Waals surface area contributed by atoms with Crippen LogP contribution >= 0.6 is 0 Å². The summed E-state index contributed by atoms with van der Waals surface area (Å²) >= 11 is 0. The van der Waals surface area contributed by atoms with Crippen LogP contribution in [0.3, 0.4) is 0 Å². The Hall–Kier alpha value is -1.87. The number of hydrogen-bond donors (Lipinski definition) is 0. The molecule has 2 aliphatic rings. The lowest BCUT2D eigenvalue weighted by Gasteiger charge is -2.40. The van der Waals surface area contributed by atoms with Gasteiger partial charge in [0.05, 0.1) is 5.92 Å². The normalized spacial score (nSPS) is 21.1. The molecule has 1 unspecified atom stereocenters. The Morgan fingerprint density at radius 2 is 1.40 bits per heavy atom. The predicted octanol–water partition coefficient (Wildman–Crippen LogP) is 2.68. The van der Waals surface area contributed by atoms with E-state index in [0.717, 1.165) is 13.0 Å². The summed E-state index contributed by atoms with van der Waals surface area (Å²) in [5, 5.41) is 0. The van der Waals surface area contributed by atoms with Crippen LogP contribution in [0, 0.1) is 5.92 Å². The average Bonchev–Trinajstić information content (AvgIpc) is 3.02. The van der Waals surface area contributed by atoms with Crippen LogP contribution in [0.4, 0.5) is 0 Å². The van der Waals surface area contributed by atoms with E-state index >= 15 is 0 Å². The molecule has 2 heterocycles. The zero-order valence-corrected chi connectivity index (χ0v) is 20.0. The van der Waals surface area contributed by atoms with Crippen molar-refractivity contribution in [2.75, 3.05) is 13.1 Å². The second-order valence-electron chi connectivity index (χ2n) is 9.15. The fourth-order valence-electron chi connectivity index (χ4n) is 4.93. The summed E-state index contributed by atoms with van der Waals surface area (Å²) < 4.78 is 2.55. The smallest absolute Gasteiger partial charge is 0.168 e. The highest BCUT2D eigenvalue weighted by atomic mass is 79.9. The van der Waals surface area contributed by atoms with E-state index in [1.165, 1.54) is 49.9 Å². The summed E-state index contributed by atoms with van der Waals surface area (Å²) in [4.78, 5) is 2.69. The average molecular weight is 467 g/mol. The van der Waals surface area contributed by atoms with Crippen molar-refractivity contribution in [2.24, 2.45) is 5.92 Å². The summed E-state index contributed by atoms with van der Waals surface area (Å²) in [6.45, 7) is 8.25. The van der Waals surface area contributed by atoms with Crippen molar-refractivity contribution in [2.45, 2.75) is 58.0 Å². The number of nitrogens with zero attached hydrogens (tertiary/aromatic N) is 2. The maximum absolute atomic E-state index is 2.69. The van der Waals surface area contributed by atoms with Gasteiger partial charge in [0.25, 0.3) is 0 Å². The first kappa shape index (κ1) is 22.8. The molecule has 160 valence electrons. The minimum atomic E-state index is 0. The maximum atomic E-state index is 2.69. The predicted molar refractivity (Wildman–Crippen MR) is 122 cm³/mol. The highest BCUT2D eigenvalue weighted by Gasteiger charge is 2.45. The lowest BCUT2D eigenvalue weighted by atomic mass is 9.77. The SMILES string of the molecule is CC1(C)C(Cc2ccccc2)C(N2CCCCCC2)=CC=[N+]1Cc1ccccc1.[Br-]. The Labute approximate surface area is 193 Å². The molecule has 2 aromatic rings. The van der Waals surface area contributed by atoms with Gasteiger partial charge in [0, 0.05) is 44.3 Å². The highest BCUT2D eigenvalue weighted by molar-refractivity contribution is 5.69. The van der Waals surface area contributed by atoms with Crippen LogP contribution in [-0.2, 0) is 13.0 Å². The molecule has 1 saturated heterocycles. The van der Waals surface area contributed by atoms with Gasteiger partial charge >= 0.3 is 0 Å². The molecule has 1 atom stereocenters. The number of rotatable bonds is 5. The number of allylic oxidation sites excluding steroid dienone is 1. The molecule has 2 aromatic carbocycles. The molecule has 30 heavy (non-hydrogen) atoms. The summed E-state index contributed by atoms with van der Waals surface area (Å²) in [7, 11) is 0. The number of halogens is 1. The molecule has 0 aliphatic carbocycles. The van der Waals surface area contributed by atoms with Crippen molar-refractivity contribution < 1.29 is 21.6 Å². The monoisotopic (exact) mass is 466 g/mol. The van der Waals surface area contributed by atoms with E-state index in [-0.39, 0.29) is 22.5 Å². The molecular formula is C27H35BrN2. The first-order valence-electron chi connectivity index (χ1n) is 11.3. The first-order valence-corrected chi connectivity index (χ1v) is 11.3. The molecule has 4 rings (SSSR count). The second-order valence-corrected chi connectivity index (χ2v) is 9.15. The molecule has 2 aliphatic heterocycles. The van der Waals surface area contributed by atoms with Gasteiger partial charge in [-0.3, -0.25) is 0 Å². The largest absolute Gasteiger partial charge is 1.00 e. The van der Waals surface area contributed by atoms with E-state index in [1.54, 1.807) is 5.70 Å². The number of benzene rings is 2. The number of likely N-dealkylation sites (tertiary alicyclic amines) is 1. The minimum Gasteiger partial charge on any atom is -1.00 e. The third-order valence-electron chi connectivity index (χ3n) is 6.82. The van der Waals surface area contributed by atoms with Gasteiger partial charge in [-0.05, 0) is 24.8 Å². The third-order valence-corrected chi connectivity index (χ3v) is 6.82. The summed E-state index contributed by atoms with van der Waals surface area (Å²) in [5.74, 6) is 0.483. The van der Waals surface area contributed by atoms with Crippen molar-refractivity contribution in [1.29, 1.82) is 0 Å². The van der Waals surface area contributed by atoms with E-state index in [9.17, 15) is 0 Å². The van der Waals surface area contributed by atoms with Gasteiger partial charge in [0.2, 0.25) is 0 Å². The fraction of sp³-hybridized carbons (Fsp3) is 0.444. The molecule has 2 nitrogen and oxygen atoms in total. The van der Waals surface area contributed by atoms with Crippen molar-refractivity contribution in [1.82, 2.24) is 4.90 Å². The van der Waals surface area contributed by atoms with E-state index in [0.29, 0.717) is 5.92 Å². The maximum Gasteiger partial charge on any atom is 0.168 e. The molecule has 0 saturated carbocycles. The van der Waals surface area contributed by atoms with Crippen LogP contribution in [0.1, 0.15) is 50.7 Å². The van der Waals surface area contributed by atoms with Gasteiger partial charge in [-0.25, -0.2) is 4.58 Å². The van der Waals surface area contributed by atoms with Gasteiger partial charge < -0.3 is 21.9 Å². The Balaban J connectivity index is 0.00000256. The Morgan fingerprint density at radius 1 is 0.833 bits per heavy atom. The molecule has 0 bridgehead atoms. The lowest BCUT2D eigenvalue weighted by Crippen LogP contribution is -3.00. The Morgan fingerprint density at radius 3 is 2.00 bits per heavy atom. The molecule has 1 fully saturated rings. The van der Waals surface area contributed by atoms with Crippen molar-refractivity contribution in [3.8, 4) is 0 Å². The summed E-state index contributed by atoms with van der Waals surface area (Å²) in [6.07, 6.45) is 11.3. The van der Waals surface area contributed by atoms with Gasteiger partial charge in [-0.15, -0.1) is 0 Å². The van der Waals surface area contributed by atoms with Crippen molar-refractivity contribution in [3.05, 3.63) is 83.6 Å². The first-order chi connectivity index (χ1) is 14.1. The fourth-order valence-corrected chi connectivity index (χ4v) is 4.93. The third kappa shape index (κ3) is 5.24. The van der Waals surface area contributed by atoms with Gasteiger partial charge in [-0.1, -0.05) is 73.5 Å². The van der Waals surface area contributed by atoms with Crippen LogP contribution in [0.15, 0.2) is 72.4 Å². The standard InChI is InChI=1S/C27H35N2.BrH/c1-27(2)25(21-23-13-7-5-8-14-23)26(28-18-11-3-4-12-19-28)17-20-29(27)22-24-15-9-6-10-16-24;/h5-10,13-17,20,25H,3-4,11-12,18-19,21-22H2,1-2H3;1H/q+1;/p-1. The van der Waals surface area contributed by atoms with E-state index < -0.39 is 0 Å². The molecule has 0 N–H and O–H groups in total. The molecule has 0 aromatic heterocycles. The molecular weight excluding hydrogens is 432 g/mol. The Bertz CT molecular complexity index is 847. The number of hydrogen-bond acceptors (Lipinski definition) is 1. The van der Waals surface area contributed by atoms with Crippen molar-refractivity contribution in [3.63, 3.8) is 0 Å². The van der Waals surface area contributed by atoms with E-state index in [1.807, 2.05) is 0 Å². The van der Waals surface area contributed by atoms with Crippen molar-refractivity contribution >= 4 is 6.21 Å². The second kappa shape index (κ2) is 10.4. The quantitative estimate of drug-likeness (QED) is 0.613. The molecule has 0 radical (unpaired) electrons. The Kier molecular flexibility index (Phi) is 7.93. The van der Waals surface area contributed by atoms with Crippen LogP contribution in [0.5, 0.6) is 0 Å². The molecule has 3 heteroatoms. The van der Waals surface area contributed by atoms with Crippen LogP contribution in [-0.4, -0.2) is 34.3 Å². The molecule has 0 spiro atoms. The topological polar surface area (TPSA) is 6.25 Å². The van der Waals surface area contributed by atoms with Gasteiger partial charge in [0.15, 0.2) is 18.3 Å². The van der Waals surface area contributed by atoms with E-state index in [2.05, 4.69) is 96.3 Å². The lowest BCUT2D eigenvalue weighted by molar-refractivity contribution is -0.621. The van der Waals surface area contributed by atoms with Gasteiger partial charge in [-0.2, -0.15) is 0 Å². The summed E-state index contributed by atoms with van der Waals surface area (Å²) in [5.41, 5.74) is 4.42. The highest BCUT2D eigenvalue weighted by Crippen LogP contribution is 2.36. The summed E-state index contributed by atoms with van der Waals surface area (Å²) in [6, 6.07) is 21.9.